The lowest BCUT2D eigenvalue weighted by molar-refractivity contribution is 0.00856. The van der Waals surface area contributed by atoms with Gasteiger partial charge in [-0.2, -0.15) is 9.97 Å². The lowest BCUT2D eigenvalue weighted by Gasteiger charge is -2.43. The standard InChI is InChI=1S/C36H47ClN6O4/c1-36(2,3)47-35(44)43-26-17-24(21-45-5)31(43)20-42(18-26)33-27-14-16-41(30-13-7-10-23-9-6-12-28(37)32(23)30)19-29(27)38-34(39-33)46-22-25-11-8-15-40(25)4/h6-7,9-10,12-13,24-26,31H,8,11,14-22H2,1-5H3/t24?,25-,26+,31+/m0/s1. The molecule has 11 heteroatoms. The average molecular weight is 663 g/mol. The number of aromatic nitrogens is 2. The van der Waals surface area contributed by atoms with Gasteiger partial charge in [0.25, 0.3) is 0 Å². The maximum absolute atomic E-state index is 13.5. The number of likely N-dealkylation sites (N-methyl/N-ethyl adjacent to an activating group) is 1. The smallest absolute Gasteiger partial charge is 0.410 e. The number of anilines is 2. The van der Waals surface area contributed by atoms with Crippen LogP contribution in [0.2, 0.25) is 5.02 Å². The van der Waals surface area contributed by atoms with Crippen LogP contribution in [0.4, 0.5) is 16.3 Å². The van der Waals surface area contributed by atoms with Crippen LogP contribution >= 0.6 is 11.6 Å². The fourth-order valence-corrected chi connectivity index (χ4v) is 8.34. The summed E-state index contributed by atoms with van der Waals surface area (Å²) in [5, 5.41) is 2.94. The zero-order valence-electron chi connectivity index (χ0n) is 28.2. The number of ether oxygens (including phenoxy) is 3. The zero-order chi connectivity index (χ0) is 32.9. The highest BCUT2D eigenvalue weighted by Crippen LogP contribution is 2.41. The Morgan fingerprint density at radius 1 is 1.04 bits per heavy atom. The maximum Gasteiger partial charge on any atom is 0.410 e. The van der Waals surface area contributed by atoms with Gasteiger partial charge in [0.1, 0.15) is 18.0 Å². The minimum absolute atomic E-state index is 0.00351. The van der Waals surface area contributed by atoms with E-state index >= 15 is 0 Å². The van der Waals surface area contributed by atoms with Crippen molar-refractivity contribution in [1.29, 1.82) is 0 Å². The molecule has 4 aliphatic heterocycles. The first-order valence-corrected chi connectivity index (χ1v) is 17.4. The fourth-order valence-electron chi connectivity index (χ4n) is 8.06. The number of amides is 1. The van der Waals surface area contributed by atoms with Gasteiger partial charge in [-0.25, -0.2) is 4.79 Å². The van der Waals surface area contributed by atoms with Crippen molar-refractivity contribution >= 4 is 40.0 Å². The van der Waals surface area contributed by atoms with E-state index in [1.807, 2.05) is 37.8 Å². The van der Waals surface area contributed by atoms with Gasteiger partial charge < -0.3 is 28.9 Å². The van der Waals surface area contributed by atoms with E-state index in [0.717, 1.165) is 70.9 Å². The molecule has 1 amide bonds. The molecule has 1 aromatic heterocycles. The summed E-state index contributed by atoms with van der Waals surface area (Å²) in [6, 6.07) is 13.2. The molecule has 3 fully saturated rings. The van der Waals surface area contributed by atoms with Gasteiger partial charge in [-0.15, -0.1) is 0 Å². The number of rotatable bonds is 7. The van der Waals surface area contributed by atoms with E-state index in [1.54, 1.807) is 7.11 Å². The number of likely N-dealkylation sites (tertiary alicyclic amines) is 1. The van der Waals surface area contributed by atoms with Crippen molar-refractivity contribution in [1.82, 2.24) is 19.8 Å². The summed E-state index contributed by atoms with van der Waals surface area (Å²) in [7, 11) is 3.89. The molecule has 252 valence electrons. The molecule has 2 bridgehead atoms. The molecular weight excluding hydrogens is 616 g/mol. The number of hydrogen-bond donors (Lipinski definition) is 0. The van der Waals surface area contributed by atoms with Gasteiger partial charge in [0, 0.05) is 55.3 Å². The summed E-state index contributed by atoms with van der Waals surface area (Å²) < 4.78 is 17.9. The predicted molar refractivity (Wildman–Crippen MR) is 185 cm³/mol. The number of hydrogen-bond acceptors (Lipinski definition) is 9. The Kier molecular flexibility index (Phi) is 8.87. The molecule has 0 aliphatic carbocycles. The van der Waals surface area contributed by atoms with E-state index < -0.39 is 5.60 Å². The highest BCUT2D eigenvalue weighted by atomic mass is 35.5. The zero-order valence-corrected chi connectivity index (χ0v) is 29.0. The van der Waals surface area contributed by atoms with Gasteiger partial charge in [-0.05, 0) is 77.6 Å². The van der Waals surface area contributed by atoms with Gasteiger partial charge in [-0.1, -0.05) is 35.9 Å². The quantitative estimate of drug-likeness (QED) is 0.313. The van der Waals surface area contributed by atoms with Crippen LogP contribution in [-0.4, -0.2) is 103 Å². The number of piperazine rings is 1. The third-order valence-corrected chi connectivity index (χ3v) is 10.6. The molecule has 0 N–H and O–H groups in total. The Morgan fingerprint density at radius 3 is 2.60 bits per heavy atom. The van der Waals surface area contributed by atoms with E-state index in [4.69, 9.17) is 35.8 Å². The number of benzene rings is 2. The Hall–Kier alpha value is -3.34. The maximum atomic E-state index is 13.5. The van der Waals surface area contributed by atoms with Gasteiger partial charge in [0.15, 0.2) is 0 Å². The first kappa shape index (κ1) is 32.2. The third kappa shape index (κ3) is 6.44. The number of methoxy groups -OCH3 is 1. The number of halogens is 1. The van der Waals surface area contributed by atoms with Crippen LogP contribution in [0.3, 0.4) is 0 Å². The fraction of sp³-hybridized carbons (Fsp3) is 0.583. The summed E-state index contributed by atoms with van der Waals surface area (Å²) >= 11 is 6.76. The van der Waals surface area contributed by atoms with Gasteiger partial charge in [0.2, 0.25) is 0 Å². The molecule has 0 spiro atoms. The van der Waals surface area contributed by atoms with Crippen LogP contribution in [0.15, 0.2) is 36.4 Å². The Bertz CT molecular complexity index is 1630. The average Bonchev–Trinajstić information content (AvgIpc) is 3.55. The van der Waals surface area contributed by atoms with Crippen LogP contribution in [0.5, 0.6) is 6.01 Å². The van der Waals surface area contributed by atoms with Crippen LogP contribution in [-0.2, 0) is 22.4 Å². The highest BCUT2D eigenvalue weighted by Gasteiger charge is 2.50. The summed E-state index contributed by atoms with van der Waals surface area (Å²) in [6.45, 7) is 10.8. The summed E-state index contributed by atoms with van der Waals surface area (Å²) in [5.74, 6) is 1.15. The summed E-state index contributed by atoms with van der Waals surface area (Å²) in [6.07, 6.45) is 3.70. The lowest BCUT2D eigenvalue weighted by Crippen LogP contribution is -2.58. The lowest BCUT2D eigenvalue weighted by atomic mass is 10.0. The molecule has 2 aromatic carbocycles. The monoisotopic (exact) mass is 662 g/mol. The molecule has 3 aromatic rings. The van der Waals surface area contributed by atoms with Crippen molar-refractivity contribution in [2.75, 3.05) is 63.4 Å². The Labute approximate surface area is 282 Å². The minimum atomic E-state index is -0.560. The van der Waals surface area contributed by atoms with E-state index in [9.17, 15) is 4.79 Å². The van der Waals surface area contributed by atoms with E-state index in [-0.39, 0.29) is 24.1 Å². The Morgan fingerprint density at radius 2 is 1.85 bits per heavy atom. The number of nitrogens with zero attached hydrogens (tertiary/aromatic N) is 6. The third-order valence-electron chi connectivity index (χ3n) is 10.3. The Balaban J connectivity index is 1.22. The van der Waals surface area contributed by atoms with Gasteiger partial charge in [0.05, 0.1) is 36.0 Å². The van der Waals surface area contributed by atoms with Crippen molar-refractivity contribution in [2.45, 2.75) is 76.7 Å². The normalized spacial score (nSPS) is 24.6. The molecule has 3 saturated heterocycles. The largest absolute Gasteiger partial charge is 0.462 e. The summed E-state index contributed by atoms with van der Waals surface area (Å²) in [5.41, 5.74) is 2.69. The van der Waals surface area contributed by atoms with Gasteiger partial charge >= 0.3 is 12.1 Å². The van der Waals surface area contributed by atoms with E-state index in [0.29, 0.717) is 44.9 Å². The van der Waals surface area contributed by atoms with Crippen LogP contribution in [0.25, 0.3) is 10.8 Å². The summed E-state index contributed by atoms with van der Waals surface area (Å²) in [4.78, 5) is 32.7. The first-order valence-electron chi connectivity index (χ1n) is 17.0. The number of carbonyl (C=O) groups is 1. The van der Waals surface area contributed by atoms with E-state index in [1.165, 1.54) is 6.42 Å². The molecule has 10 nitrogen and oxygen atoms in total. The van der Waals surface area contributed by atoms with Crippen LogP contribution in [0, 0.1) is 5.92 Å². The van der Waals surface area contributed by atoms with Gasteiger partial charge in [-0.3, -0.25) is 4.90 Å². The number of fused-ring (bicyclic) bond motifs is 4. The molecule has 1 unspecified atom stereocenters. The second-order valence-electron chi connectivity index (χ2n) is 14.6. The highest BCUT2D eigenvalue weighted by molar-refractivity contribution is 6.36. The molecule has 7 rings (SSSR count). The molecule has 0 radical (unpaired) electrons. The van der Waals surface area contributed by atoms with E-state index in [2.05, 4.69) is 46.0 Å². The molecule has 0 saturated carbocycles. The minimum Gasteiger partial charge on any atom is -0.462 e. The predicted octanol–water partition coefficient (Wildman–Crippen LogP) is 5.78. The van der Waals surface area contributed by atoms with Crippen molar-refractivity contribution in [3.05, 3.63) is 52.7 Å². The van der Waals surface area contributed by atoms with Crippen LogP contribution < -0.4 is 14.5 Å². The molecular formula is C36H47ClN6O4. The molecule has 5 heterocycles. The topological polar surface area (TPSA) is 83.5 Å². The number of carbonyl (C=O) groups excluding carboxylic acids is 1. The molecule has 4 aliphatic rings. The van der Waals surface area contributed by atoms with Crippen molar-refractivity contribution in [2.24, 2.45) is 5.92 Å². The second-order valence-corrected chi connectivity index (χ2v) is 15.0. The first-order chi connectivity index (χ1) is 22.6. The molecule has 47 heavy (non-hydrogen) atoms. The second kappa shape index (κ2) is 12.9. The van der Waals surface area contributed by atoms with Crippen LogP contribution in [0.1, 0.15) is 51.3 Å². The molecule has 4 atom stereocenters. The van der Waals surface area contributed by atoms with Crippen molar-refractivity contribution < 1.29 is 19.0 Å². The van der Waals surface area contributed by atoms with Crippen molar-refractivity contribution in [3.8, 4) is 6.01 Å². The SMILES string of the molecule is COCC1C[C@@H]2CN(c3nc(OC[C@@H]4CCCN4C)nc4c3CCN(c3cccc5cccc(Cl)c35)C4)C[C@H]1N2C(=O)OC(C)(C)C. The van der Waals surface area contributed by atoms with Crippen molar-refractivity contribution in [3.63, 3.8) is 0 Å².